The molecule has 0 spiro atoms. The van der Waals surface area contributed by atoms with E-state index in [9.17, 15) is 9.59 Å². The van der Waals surface area contributed by atoms with Crippen LogP contribution in [0.15, 0.2) is 42.5 Å². The summed E-state index contributed by atoms with van der Waals surface area (Å²) in [5.41, 5.74) is 1.05. The standard InChI is InChI=1S/C23H24ClN3O3S/c1-23(12-5-13-25-22(23)29)19-14-15(8-9-16-10-11-20(24)31-16)27(26-19)21(28)17-6-3-4-7-18(17)30-2/h3-4,6-7,10-11,14H,5,8-9,12-13H2,1-2H3,(H,25,29). The van der Waals surface area contributed by atoms with Crippen LogP contribution in [0.3, 0.4) is 0 Å². The van der Waals surface area contributed by atoms with Crippen LogP contribution in [0.25, 0.3) is 0 Å². The molecule has 1 amide bonds. The Morgan fingerprint density at radius 2 is 2.10 bits per heavy atom. The first-order valence-corrected chi connectivity index (χ1v) is 11.4. The number of methoxy groups -OCH3 is 1. The average Bonchev–Trinajstić information content (AvgIpc) is 3.40. The molecule has 1 fully saturated rings. The highest BCUT2D eigenvalue weighted by Crippen LogP contribution is 2.32. The van der Waals surface area contributed by atoms with Crippen molar-refractivity contribution in [3.63, 3.8) is 0 Å². The van der Waals surface area contributed by atoms with E-state index in [0.29, 0.717) is 36.4 Å². The van der Waals surface area contributed by atoms with Gasteiger partial charge in [0.15, 0.2) is 0 Å². The van der Waals surface area contributed by atoms with Crippen LogP contribution in [-0.4, -0.2) is 35.2 Å². The molecule has 3 aromatic rings. The molecule has 162 valence electrons. The summed E-state index contributed by atoms with van der Waals surface area (Å²) in [6.45, 7) is 2.56. The summed E-state index contributed by atoms with van der Waals surface area (Å²) >= 11 is 7.59. The molecule has 4 rings (SSSR count). The van der Waals surface area contributed by atoms with Crippen molar-refractivity contribution in [3.05, 3.63) is 68.6 Å². The Morgan fingerprint density at radius 1 is 1.29 bits per heavy atom. The number of aromatic nitrogens is 2. The highest BCUT2D eigenvalue weighted by molar-refractivity contribution is 7.16. The Kier molecular flexibility index (Phi) is 6.16. The maximum absolute atomic E-state index is 13.4. The number of hydrogen-bond acceptors (Lipinski definition) is 5. The average molecular weight is 458 g/mol. The normalized spacial score (nSPS) is 18.6. The predicted molar refractivity (Wildman–Crippen MR) is 121 cm³/mol. The number of carbonyl (C=O) groups is 2. The maximum Gasteiger partial charge on any atom is 0.282 e. The number of para-hydroxylation sites is 1. The molecular formula is C23H24ClN3O3S. The number of carbonyl (C=O) groups excluding carboxylic acids is 2. The van der Waals surface area contributed by atoms with Gasteiger partial charge in [0, 0.05) is 17.1 Å². The highest BCUT2D eigenvalue weighted by atomic mass is 35.5. The van der Waals surface area contributed by atoms with Crippen LogP contribution >= 0.6 is 22.9 Å². The van der Waals surface area contributed by atoms with E-state index in [1.54, 1.807) is 18.2 Å². The van der Waals surface area contributed by atoms with E-state index >= 15 is 0 Å². The minimum absolute atomic E-state index is 0.0512. The molecule has 1 aromatic carbocycles. The Hall–Kier alpha value is -2.64. The van der Waals surface area contributed by atoms with Gasteiger partial charge in [-0.1, -0.05) is 23.7 Å². The zero-order chi connectivity index (χ0) is 22.0. The van der Waals surface area contributed by atoms with Crippen LogP contribution in [0.4, 0.5) is 0 Å². The summed E-state index contributed by atoms with van der Waals surface area (Å²) in [7, 11) is 1.54. The molecule has 0 saturated carbocycles. The topological polar surface area (TPSA) is 73.2 Å². The fraction of sp³-hybridized carbons (Fsp3) is 0.348. The number of benzene rings is 1. The van der Waals surface area contributed by atoms with Gasteiger partial charge in [0.1, 0.15) is 5.75 Å². The predicted octanol–water partition coefficient (Wildman–Crippen LogP) is 4.25. The van der Waals surface area contributed by atoms with Crippen molar-refractivity contribution in [3.8, 4) is 5.75 Å². The molecule has 0 aliphatic carbocycles. The molecule has 31 heavy (non-hydrogen) atoms. The van der Waals surface area contributed by atoms with E-state index in [-0.39, 0.29) is 11.8 Å². The van der Waals surface area contributed by atoms with E-state index in [2.05, 4.69) is 10.4 Å². The molecule has 2 aromatic heterocycles. The summed E-state index contributed by atoms with van der Waals surface area (Å²) in [6.07, 6.45) is 2.89. The lowest BCUT2D eigenvalue weighted by Crippen LogP contribution is -2.47. The van der Waals surface area contributed by atoms with Crippen molar-refractivity contribution in [2.75, 3.05) is 13.7 Å². The molecule has 1 N–H and O–H groups in total. The van der Waals surface area contributed by atoms with Gasteiger partial charge in [-0.25, -0.2) is 4.68 Å². The lowest BCUT2D eigenvalue weighted by Gasteiger charge is -2.30. The molecule has 1 saturated heterocycles. The Balaban J connectivity index is 1.73. The van der Waals surface area contributed by atoms with Gasteiger partial charge in [0.2, 0.25) is 5.91 Å². The van der Waals surface area contributed by atoms with Crippen molar-refractivity contribution >= 4 is 34.8 Å². The number of ether oxygens (including phenoxy) is 1. The Bertz CT molecular complexity index is 1120. The molecule has 0 radical (unpaired) electrons. The first kappa shape index (κ1) is 21.6. The second kappa shape index (κ2) is 8.85. The number of thiophene rings is 1. The minimum atomic E-state index is -0.758. The summed E-state index contributed by atoms with van der Waals surface area (Å²) in [6, 6.07) is 12.8. The van der Waals surface area contributed by atoms with Gasteiger partial charge in [0.05, 0.1) is 28.1 Å². The third-order valence-electron chi connectivity index (χ3n) is 5.77. The second-order valence-corrected chi connectivity index (χ2v) is 9.64. The molecule has 3 heterocycles. The van der Waals surface area contributed by atoms with Crippen LogP contribution in [0.1, 0.15) is 46.4 Å². The maximum atomic E-state index is 13.4. The molecular weight excluding hydrogens is 434 g/mol. The van der Waals surface area contributed by atoms with Gasteiger partial charge < -0.3 is 10.1 Å². The summed E-state index contributed by atoms with van der Waals surface area (Å²) in [5.74, 6) is 0.162. The van der Waals surface area contributed by atoms with E-state index in [0.717, 1.165) is 27.7 Å². The van der Waals surface area contributed by atoms with Gasteiger partial charge >= 0.3 is 0 Å². The minimum Gasteiger partial charge on any atom is -0.496 e. The lowest BCUT2D eigenvalue weighted by atomic mass is 9.79. The third kappa shape index (κ3) is 4.25. The van der Waals surface area contributed by atoms with E-state index in [1.165, 1.54) is 23.1 Å². The molecule has 1 aliphatic heterocycles. The molecule has 1 unspecified atom stereocenters. The van der Waals surface area contributed by atoms with Gasteiger partial charge in [0.25, 0.3) is 5.91 Å². The molecule has 8 heteroatoms. The number of halogens is 1. The Morgan fingerprint density at radius 3 is 2.81 bits per heavy atom. The number of nitrogens with one attached hydrogen (secondary N) is 1. The third-order valence-corrected chi connectivity index (χ3v) is 7.07. The Labute approximate surface area is 190 Å². The van der Waals surface area contributed by atoms with Crippen molar-refractivity contribution in [1.29, 1.82) is 0 Å². The number of piperidine rings is 1. The van der Waals surface area contributed by atoms with Gasteiger partial charge in [-0.05, 0) is 62.9 Å². The van der Waals surface area contributed by atoms with E-state index < -0.39 is 5.41 Å². The molecule has 6 nitrogen and oxygen atoms in total. The first-order chi connectivity index (χ1) is 14.9. The molecule has 1 aliphatic rings. The van der Waals surface area contributed by atoms with Crippen LogP contribution < -0.4 is 10.1 Å². The SMILES string of the molecule is COc1ccccc1C(=O)n1nc(C2(C)CCCNC2=O)cc1CCc1ccc(Cl)s1. The van der Waals surface area contributed by atoms with Crippen LogP contribution in [-0.2, 0) is 23.1 Å². The monoisotopic (exact) mass is 457 g/mol. The molecule has 1 atom stereocenters. The smallest absolute Gasteiger partial charge is 0.282 e. The summed E-state index contributed by atoms with van der Waals surface area (Å²) in [4.78, 5) is 27.3. The van der Waals surface area contributed by atoms with E-state index in [4.69, 9.17) is 16.3 Å². The number of rotatable bonds is 6. The number of amides is 1. The number of aryl methyl sites for hydroxylation is 2. The van der Waals surface area contributed by atoms with Gasteiger partial charge in [-0.15, -0.1) is 11.3 Å². The largest absolute Gasteiger partial charge is 0.496 e. The van der Waals surface area contributed by atoms with Crippen LogP contribution in [0, 0.1) is 0 Å². The quantitative estimate of drug-likeness (QED) is 0.600. The zero-order valence-corrected chi connectivity index (χ0v) is 19.1. The zero-order valence-electron chi connectivity index (χ0n) is 17.5. The van der Waals surface area contributed by atoms with E-state index in [1.807, 2.05) is 31.2 Å². The number of nitrogens with zero attached hydrogens (tertiary/aromatic N) is 2. The fourth-order valence-electron chi connectivity index (χ4n) is 3.91. The van der Waals surface area contributed by atoms with Crippen molar-refractivity contribution in [1.82, 2.24) is 15.1 Å². The van der Waals surface area contributed by atoms with Crippen molar-refractivity contribution < 1.29 is 14.3 Å². The lowest BCUT2D eigenvalue weighted by molar-refractivity contribution is -0.128. The first-order valence-electron chi connectivity index (χ1n) is 10.2. The van der Waals surface area contributed by atoms with Gasteiger partial charge in [-0.3, -0.25) is 9.59 Å². The second-order valence-electron chi connectivity index (χ2n) is 7.84. The number of hydrogen-bond donors (Lipinski definition) is 1. The molecule has 0 bridgehead atoms. The highest BCUT2D eigenvalue weighted by Gasteiger charge is 2.40. The van der Waals surface area contributed by atoms with Crippen LogP contribution in [0.2, 0.25) is 4.34 Å². The summed E-state index contributed by atoms with van der Waals surface area (Å²) < 4.78 is 7.54. The van der Waals surface area contributed by atoms with Crippen LogP contribution in [0.5, 0.6) is 5.75 Å². The van der Waals surface area contributed by atoms with Crippen molar-refractivity contribution in [2.45, 2.75) is 38.0 Å². The summed E-state index contributed by atoms with van der Waals surface area (Å²) in [5, 5.41) is 7.59. The van der Waals surface area contributed by atoms with Gasteiger partial charge in [-0.2, -0.15) is 5.10 Å². The van der Waals surface area contributed by atoms with Crippen molar-refractivity contribution in [2.24, 2.45) is 0 Å². The fourth-order valence-corrected chi connectivity index (χ4v) is 5.00.